The zero-order chi connectivity index (χ0) is 23.0. The number of hydrogen-bond acceptors (Lipinski definition) is 3. The van der Waals surface area contributed by atoms with Crippen LogP contribution in [0.25, 0.3) is 12.2 Å². The summed E-state index contributed by atoms with van der Waals surface area (Å²) in [4.78, 5) is 12.7. The molecule has 1 heterocycles. The number of sulfone groups is 1. The minimum atomic E-state index is -4.62. The molecule has 1 fully saturated rings. The third-order valence-corrected chi connectivity index (χ3v) is 5.95. The van der Waals surface area contributed by atoms with Gasteiger partial charge < -0.3 is 0 Å². The van der Waals surface area contributed by atoms with Crippen molar-refractivity contribution in [1.82, 2.24) is 0 Å². The number of benzene rings is 2. The highest BCUT2D eigenvalue weighted by atomic mass is 32.2. The number of carbonyl (C=O) groups excluding carboxylic acids is 1. The van der Waals surface area contributed by atoms with Crippen LogP contribution in [0.3, 0.4) is 0 Å². The van der Waals surface area contributed by atoms with Crippen LogP contribution in [-0.4, -0.2) is 25.7 Å². The Morgan fingerprint density at radius 1 is 0.710 bits per heavy atom. The first-order valence-corrected chi connectivity index (χ1v) is 10.6. The summed E-state index contributed by atoms with van der Waals surface area (Å²) >= 11 is 0. The van der Waals surface area contributed by atoms with Crippen molar-refractivity contribution < 1.29 is 39.6 Å². The van der Waals surface area contributed by atoms with Gasteiger partial charge in [-0.2, -0.15) is 26.3 Å². The van der Waals surface area contributed by atoms with Gasteiger partial charge in [-0.1, -0.05) is 24.3 Å². The summed E-state index contributed by atoms with van der Waals surface area (Å²) in [5.74, 6) is -2.10. The Bertz CT molecular complexity index is 1100. The van der Waals surface area contributed by atoms with E-state index in [9.17, 15) is 39.6 Å². The van der Waals surface area contributed by atoms with Crippen molar-refractivity contribution in [2.24, 2.45) is 0 Å². The van der Waals surface area contributed by atoms with Crippen LogP contribution >= 0.6 is 0 Å². The molecule has 0 aromatic heterocycles. The smallest absolute Gasteiger partial charge is 0.289 e. The quantitative estimate of drug-likeness (QED) is 0.458. The van der Waals surface area contributed by atoms with Crippen molar-refractivity contribution >= 4 is 27.8 Å². The minimum absolute atomic E-state index is 0.0197. The van der Waals surface area contributed by atoms with Crippen molar-refractivity contribution in [3.63, 3.8) is 0 Å². The van der Waals surface area contributed by atoms with Crippen LogP contribution < -0.4 is 0 Å². The molecule has 0 spiro atoms. The van der Waals surface area contributed by atoms with Gasteiger partial charge >= 0.3 is 12.4 Å². The first-order chi connectivity index (χ1) is 14.2. The van der Waals surface area contributed by atoms with Crippen LogP contribution in [0.5, 0.6) is 0 Å². The van der Waals surface area contributed by atoms with Crippen molar-refractivity contribution in [2.45, 2.75) is 12.4 Å². The largest absolute Gasteiger partial charge is 0.416 e. The number of hydrogen-bond donors (Lipinski definition) is 0. The molecule has 1 saturated heterocycles. The molecule has 1 aliphatic heterocycles. The van der Waals surface area contributed by atoms with Crippen molar-refractivity contribution in [3.05, 3.63) is 81.9 Å². The summed E-state index contributed by atoms with van der Waals surface area (Å²) in [6.45, 7) is 0. The van der Waals surface area contributed by atoms with Crippen molar-refractivity contribution in [1.29, 1.82) is 0 Å². The average Bonchev–Trinajstić information content (AvgIpc) is 2.64. The van der Waals surface area contributed by atoms with Gasteiger partial charge in [0.25, 0.3) is 0 Å². The summed E-state index contributed by atoms with van der Waals surface area (Å²) in [6.07, 6.45) is -7.14. The zero-order valence-corrected chi connectivity index (χ0v) is 16.4. The predicted molar refractivity (Wildman–Crippen MR) is 103 cm³/mol. The van der Waals surface area contributed by atoms with Gasteiger partial charge in [0.1, 0.15) is 0 Å². The molecule has 10 heteroatoms. The second-order valence-corrected chi connectivity index (χ2v) is 9.01. The van der Waals surface area contributed by atoms with Gasteiger partial charge in [0.05, 0.1) is 22.6 Å². The molecule has 0 radical (unpaired) electrons. The molecule has 2 aromatic carbocycles. The Hall–Kier alpha value is -2.88. The van der Waals surface area contributed by atoms with Crippen molar-refractivity contribution in [3.8, 4) is 0 Å². The Kier molecular flexibility index (Phi) is 5.88. The summed E-state index contributed by atoms with van der Waals surface area (Å²) in [6, 6.07) is 8.03. The Morgan fingerprint density at radius 2 is 1.10 bits per heavy atom. The first-order valence-electron chi connectivity index (χ1n) is 8.75. The topological polar surface area (TPSA) is 51.2 Å². The van der Waals surface area contributed by atoms with E-state index in [0.717, 1.165) is 48.6 Å². The van der Waals surface area contributed by atoms with E-state index in [-0.39, 0.29) is 22.3 Å². The lowest BCUT2D eigenvalue weighted by Gasteiger charge is -2.18. The van der Waals surface area contributed by atoms with Gasteiger partial charge in [-0.3, -0.25) is 4.79 Å². The predicted octanol–water partition coefficient (Wildman–Crippen LogP) is 5.19. The molecule has 2 aromatic rings. The van der Waals surface area contributed by atoms with Gasteiger partial charge in [-0.15, -0.1) is 0 Å². The summed E-state index contributed by atoms with van der Waals surface area (Å²) in [7, 11) is -3.83. The highest BCUT2D eigenvalue weighted by Crippen LogP contribution is 2.32. The van der Waals surface area contributed by atoms with E-state index in [1.807, 2.05) is 0 Å². The highest BCUT2D eigenvalue weighted by molar-refractivity contribution is 7.92. The van der Waals surface area contributed by atoms with E-state index in [2.05, 4.69) is 0 Å². The van der Waals surface area contributed by atoms with E-state index in [1.54, 1.807) is 0 Å². The van der Waals surface area contributed by atoms with E-state index in [4.69, 9.17) is 0 Å². The molecule has 0 aliphatic carbocycles. The van der Waals surface area contributed by atoms with Crippen molar-refractivity contribution in [2.75, 3.05) is 11.5 Å². The van der Waals surface area contributed by atoms with Crippen LogP contribution in [-0.2, 0) is 27.0 Å². The molecule has 31 heavy (non-hydrogen) atoms. The van der Waals surface area contributed by atoms with Crippen LogP contribution in [0.15, 0.2) is 59.7 Å². The van der Waals surface area contributed by atoms with E-state index in [1.165, 1.54) is 12.1 Å². The fraction of sp³-hybridized carbons (Fsp3) is 0.190. The summed E-state index contributed by atoms with van der Waals surface area (Å²) in [5, 5.41) is 0. The third kappa shape index (κ3) is 5.63. The molecule has 3 nitrogen and oxygen atoms in total. The average molecular weight is 460 g/mol. The van der Waals surface area contributed by atoms with E-state index in [0.29, 0.717) is 0 Å². The van der Waals surface area contributed by atoms with Gasteiger partial charge in [-0.05, 0) is 47.5 Å². The summed E-state index contributed by atoms with van der Waals surface area (Å²) < 4.78 is 102. The minimum Gasteiger partial charge on any atom is -0.289 e. The summed E-state index contributed by atoms with van der Waals surface area (Å²) in [5.41, 5.74) is -2.49. The van der Waals surface area contributed by atoms with Crippen LogP contribution in [0.4, 0.5) is 26.3 Å². The van der Waals surface area contributed by atoms with Gasteiger partial charge in [0, 0.05) is 11.1 Å². The van der Waals surface area contributed by atoms with Crippen LogP contribution in [0, 0.1) is 0 Å². The van der Waals surface area contributed by atoms with E-state index < -0.39 is 50.6 Å². The molecule has 0 saturated carbocycles. The fourth-order valence-electron chi connectivity index (χ4n) is 3.09. The van der Waals surface area contributed by atoms with Crippen LogP contribution in [0.2, 0.25) is 0 Å². The Balaban J connectivity index is 2.02. The number of ketones is 1. The second kappa shape index (κ2) is 7.99. The lowest BCUT2D eigenvalue weighted by Crippen LogP contribution is -2.28. The standard InChI is InChI=1S/C21H14F6O3S/c22-20(23,24)17-5-1-3-13(9-17)7-15-11-31(29,30)12-16(19(15)28)8-14-4-2-6-18(10-14)21(25,26)27/h1-10H,11-12H2/b15-7-,16-8+. The van der Waals surface area contributed by atoms with Gasteiger partial charge in [0.2, 0.25) is 0 Å². The van der Waals surface area contributed by atoms with Gasteiger partial charge in [-0.25, -0.2) is 8.42 Å². The molecule has 164 valence electrons. The molecule has 0 bridgehead atoms. The Labute approximate surface area is 173 Å². The molecule has 1 aliphatic rings. The highest BCUT2D eigenvalue weighted by Gasteiger charge is 2.33. The molecule has 0 unspecified atom stereocenters. The van der Waals surface area contributed by atoms with Crippen LogP contribution in [0.1, 0.15) is 22.3 Å². The molecular weight excluding hydrogens is 446 g/mol. The fourth-order valence-corrected chi connectivity index (χ4v) is 4.57. The molecular formula is C21H14F6O3S. The number of carbonyl (C=O) groups is 1. The van der Waals surface area contributed by atoms with Gasteiger partial charge in [0.15, 0.2) is 15.6 Å². The SMILES string of the molecule is O=C1/C(=C/c2cccc(C(F)(F)F)c2)CS(=O)(=O)C/C1=C/c1cccc(C(F)(F)F)c1. The first kappa shape index (κ1) is 22.8. The monoisotopic (exact) mass is 460 g/mol. The number of Topliss-reactive ketones (excluding diaryl/α,β-unsaturated/α-hetero) is 1. The Morgan fingerprint density at radius 3 is 1.45 bits per heavy atom. The second-order valence-electron chi connectivity index (χ2n) is 6.95. The molecule has 0 atom stereocenters. The number of rotatable bonds is 2. The maximum atomic E-state index is 12.9. The molecule has 0 N–H and O–H groups in total. The number of halogens is 6. The lowest BCUT2D eigenvalue weighted by atomic mass is 9.99. The maximum Gasteiger partial charge on any atom is 0.416 e. The maximum absolute atomic E-state index is 12.9. The lowest BCUT2D eigenvalue weighted by molar-refractivity contribution is -0.138. The third-order valence-electron chi connectivity index (χ3n) is 4.44. The molecule has 3 rings (SSSR count). The molecule has 0 amide bonds. The normalized spacial score (nSPS) is 19.7. The zero-order valence-electron chi connectivity index (χ0n) is 15.6. The van der Waals surface area contributed by atoms with E-state index >= 15 is 0 Å². The number of alkyl halides is 6.